The number of hydrogen-bond acceptors (Lipinski definition) is 4. The molecule has 0 heterocycles. The standard InChI is InChI=1S/C15H24N4/c1-12(2)19(3)9-5-4-8-18-14-7-6-13(11-16)15(17)10-14/h6-7,10,12,18H,4-5,8-9,17H2,1-3H3. The average Bonchev–Trinajstić information content (AvgIpc) is 2.38. The molecule has 1 aromatic carbocycles. The largest absolute Gasteiger partial charge is 0.398 e. The Hall–Kier alpha value is -1.73. The molecule has 0 amide bonds. The van der Waals surface area contributed by atoms with Crippen molar-refractivity contribution in [2.45, 2.75) is 32.7 Å². The summed E-state index contributed by atoms with van der Waals surface area (Å²) in [4.78, 5) is 2.35. The molecule has 1 aromatic rings. The molecule has 19 heavy (non-hydrogen) atoms. The highest BCUT2D eigenvalue weighted by Crippen LogP contribution is 2.17. The third-order valence-corrected chi connectivity index (χ3v) is 3.32. The van der Waals surface area contributed by atoms with Gasteiger partial charge in [-0.2, -0.15) is 5.26 Å². The number of hydrogen-bond donors (Lipinski definition) is 2. The maximum absolute atomic E-state index is 8.80. The van der Waals surface area contributed by atoms with E-state index in [9.17, 15) is 0 Å². The van der Waals surface area contributed by atoms with Crippen LogP contribution < -0.4 is 11.1 Å². The minimum absolute atomic E-state index is 0.532. The van der Waals surface area contributed by atoms with Crippen LogP contribution in [0.2, 0.25) is 0 Å². The zero-order valence-corrected chi connectivity index (χ0v) is 12.1. The molecule has 0 aliphatic rings. The molecule has 0 aliphatic carbocycles. The Kier molecular flexibility index (Phi) is 6.17. The van der Waals surface area contributed by atoms with E-state index in [1.165, 1.54) is 6.42 Å². The van der Waals surface area contributed by atoms with Gasteiger partial charge in [0.05, 0.1) is 11.3 Å². The van der Waals surface area contributed by atoms with Crippen LogP contribution in [0.4, 0.5) is 11.4 Å². The fraction of sp³-hybridized carbons (Fsp3) is 0.533. The summed E-state index contributed by atoms with van der Waals surface area (Å²) in [6, 6.07) is 8.14. The van der Waals surface area contributed by atoms with Crippen molar-refractivity contribution in [3.8, 4) is 6.07 Å². The Bertz CT molecular complexity index is 434. The highest BCUT2D eigenvalue weighted by molar-refractivity contribution is 5.62. The van der Waals surface area contributed by atoms with Crippen molar-refractivity contribution in [2.24, 2.45) is 0 Å². The number of nitrogens with zero attached hydrogens (tertiary/aromatic N) is 2. The molecular weight excluding hydrogens is 236 g/mol. The van der Waals surface area contributed by atoms with Gasteiger partial charge in [0.15, 0.2) is 0 Å². The maximum atomic E-state index is 8.80. The lowest BCUT2D eigenvalue weighted by Gasteiger charge is -2.20. The van der Waals surface area contributed by atoms with Crippen molar-refractivity contribution < 1.29 is 0 Å². The fourth-order valence-electron chi connectivity index (χ4n) is 1.75. The number of nitrogens with two attached hydrogens (primary N) is 1. The summed E-state index contributed by atoms with van der Waals surface area (Å²) in [5.74, 6) is 0. The van der Waals surface area contributed by atoms with Gasteiger partial charge in [0.2, 0.25) is 0 Å². The van der Waals surface area contributed by atoms with Crippen molar-refractivity contribution in [3.63, 3.8) is 0 Å². The van der Waals surface area contributed by atoms with E-state index in [1.54, 1.807) is 6.07 Å². The minimum atomic E-state index is 0.532. The third-order valence-electron chi connectivity index (χ3n) is 3.32. The topological polar surface area (TPSA) is 65.1 Å². The monoisotopic (exact) mass is 260 g/mol. The predicted molar refractivity (Wildman–Crippen MR) is 81.1 cm³/mol. The molecular formula is C15H24N4. The van der Waals surface area contributed by atoms with Gasteiger partial charge in [-0.05, 0) is 58.5 Å². The van der Waals surface area contributed by atoms with E-state index >= 15 is 0 Å². The van der Waals surface area contributed by atoms with Crippen molar-refractivity contribution >= 4 is 11.4 Å². The Balaban J connectivity index is 2.27. The molecule has 0 unspecified atom stereocenters. The molecule has 0 saturated carbocycles. The molecule has 0 saturated heterocycles. The van der Waals surface area contributed by atoms with Crippen LogP contribution in [0, 0.1) is 11.3 Å². The van der Waals surface area contributed by atoms with E-state index in [-0.39, 0.29) is 0 Å². The first kappa shape index (κ1) is 15.3. The molecule has 104 valence electrons. The molecule has 0 radical (unpaired) electrons. The second-order valence-corrected chi connectivity index (χ2v) is 5.12. The quantitative estimate of drug-likeness (QED) is 0.584. The van der Waals surface area contributed by atoms with Gasteiger partial charge in [-0.3, -0.25) is 0 Å². The number of nitriles is 1. The van der Waals surface area contributed by atoms with E-state index < -0.39 is 0 Å². The van der Waals surface area contributed by atoms with Crippen molar-refractivity contribution in [1.82, 2.24) is 4.90 Å². The zero-order valence-electron chi connectivity index (χ0n) is 12.1. The molecule has 0 aromatic heterocycles. The summed E-state index contributed by atoms with van der Waals surface area (Å²) in [6.07, 6.45) is 2.30. The van der Waals surface area contributed by atoms with Gasteiger partial charge in [-0.1, -0.05) is 0 Å². The Morgan fingerprint density at radius 3 is 2.68 bits per heavy atom. The van der Waals surface area contributed by atoms with Crippen LogP contribution in [-0.4, -0.2) is 31.1 Å². The zero-order chi connectivity index (χ0) is 14.3. The Labute approximate surface area is 116 Å². The molecule has 1 rings (SSSR count). The summed E-state index contributed by atoms with van der Waals surface area (Å²) in [5, 5.41) is 12.1. The van der Waals surface area contributed by atoms with Gasteiger partial charge in [0.25, 0.3) is 0 Å². The number of nitrogen functional groups attached to an aromatic ring is 1. The summed E-state index contributed by atoms with van der Waals surface area (Å²) < 4.78 is 0. The maximum Gasteiger partial charge on any atom is 0.101 e. The van der Waals surface area contributed by atoms with Crippen LogP contribution in [-0.2, 0) is 0 Å². The fourth-order valence-corrected chi connectivity index (χ4v) is 1.75. The van der Waals surface area contributed by atoms with Crippen LogP contribution in [0.25, 0.3) is 0 Å². The number of unbranched alkanes of at least 4 members (excludes halogenated alkanes) is 1. The third kappa shape index (κ3) is 5.19. The number of anilines is 2. The van der Waals surface area contributed by atoms with Crippen LogP contribution in [0.3, 0.4) is 0 Å². The average molecular weight is 260 g/mol. The van der Waals surface area contributed by atoms with E-state index in [1.807, 2.05) is 12.1 Å². The van der Waals surface area contributed by atoms with Gasteiger partial charge < -0.3 is 16.0 Å². The summed E-state index contributed by atoms with van der Waals surface area (Å²) in [7, 11) is 2.15. The Morgan fingerprint density at radius 1 is 1.37 bits per heavy atom. The normalized spacial score (nSPS) is 10.7. The van der Waals surface area contributed by atoms with Crippen LogP contribution in [0.1, 0.15) is 32.3 Å². The highest BCUT2D eigenvalue weighted by atomic mass is 15.1. The lowest BCUT2D eigenvalue weighted by atomic mass is 10.2. The second-order valence-electron chi connectivity index (χ2n) is 5.12. The van der Waals surface area contributed by atoms with Gasteiger partial charge in [-0.25, -0.2) is 0 Å². The van der Waals surface area contributed by atoms with E-state index in [0.29, 0.717) is 17.3 Å². The molecule has 4 nitrogen and oxygen atoms in total. The van der Waals surface area contributed by atoms with Gasteiger partial charge in [0, 0.05) is 18.3 Å². The molecule has 4 heteroatoms. The molecule has 0 aliphatic heterocycles. The first-order valence-corrected chi connectivity index (χ1v) is 6.78. The van der Waals surface area contributed by atoms with Crippen LogP contribution in [0.15, 0.2) is 18.2 Å². The summed E-state index contributed by atoms with van der Waals surface area (Å²) >= 11 is 0. The predicted octanol–water partition coefficient (Wildman–Crippen LogP) is 2.67. The van der Waals surface area contributed by atoms with Crippen molar-refractivity contribution in [1.29, 1.82) is 5.26 Å². The lowest BCUT2D eigenvalue weighted by Crippen LogP contribution is -2.27. The summed E-state index contributed by atoms with van der Waals surface area (Å²) in [5.41, 5.74) is 7.81. The van der Waals surface area contributed by atoms with Gasteiger partial charge in [-0.15, -0.1) is 0 Å². The smallest absolute Gasteiger partial charge is 0.101 e. The molecule has 0 bridgehead atoms. The van der Waals surface area contributed by atoms with Gasteiger partial charge in [0.1, 0.15) is 6.07 Å². The molecule has 3 N–H and O–H groups in total. The van der Waals surface area contributed by atoms with Crippen LogP contribution >= 0.6 is 0 Å². The van der Waals surface area contributed by atoms with Gasteiger partial charge >= 0.3 is 0 Å². The first-order chi connectivity index (χ1) is 9.04. The van der Waals surface area contributed by atoms with Crippen molar-refractivity contribution in [2.75, 3.05) is 31.2 Å². The molecule has 0 spiro atoms. The number of benzene rings is 1. The van der Waals surface area contributed by atoms with E-state index in [0.717, 1.165) is 25.2 Å². The Morgan fingerprint density at radius 2 is 2.11 bits per heavy atom. The molecule has 0 fully saturated rings. The van der Waals surface area contributed by atoms with Crippen LogP contribution in [0.5, 0.6) is 0 Å². The highest BCUT2D eigenvalue weighted by Gasteiger charge is 2.02. The lowest BCUT2D eigenvalue weighted by molar-refractivity contribution is 0.269. The number of nitrogens with one attached hydrogen (secondary N) is 1. The summed E-state index contributed by atoms with van der Waals surface area (Å²) in [6.45, 7) is 6.46. The first-order valence-electron chi connectivity index (χ1n) is 6.78. The minimum Gasteiger partial charge on any atom is -0.398 e. The second kappa shape index (κ2) is 7.65. The SMILES string of the molecule is CC(C)N(C)CCCCNc1ccc(C#N)c(N)c1. The number of rotatable bonds is 7. The van der Waals surface area contributed by atoms with E-state index in [2.05, 4.69) is 37.2 Å². The van der Waals surface area contributed by atoms with Crippen molar-refractivity contribution in [3.05, 3.63) is 23.8 Å². The van der Waals surface area contributed by atoms with E-state index in [4.69, 9.17) is 11.0 Å². The molecule has 0 atom stereocenters.